The molecule has 0 radical (unpaired) electrons. The molecule has 0 unspecified atom stereocenters. The number of nitrogens with one attached hydrogen (secondary N) is 1. The molecule has 1 N–H and O–H groups in total. The van der Waals surface area contributed by atoms with Crippen LogP contribution in [0.2, 0.25) is 0 Å². The number of halogens is 3. The molecule has 2 aromatic rings. The SMILES string of the molecule is FC(F)(F)c1ccc2[nH]cc(CCN3CCCC3)c2c1. The Morgan fingerprint density at radius 2 is 1.90 bits per heavy atom. The lowest BCUT2D eigenvalue weighted by atomic mass is 10.1. The molecule has 0 atom stereocenters. The van der Waals surface area contributed by atoms with Gasteiger partial charge in [0.1, 0.15) is 0 Å². The topological polar surface area (TPSA) is 19.0 Å². The number of hydrogen-bond acceptors (Lipinski definition) is 1. The summed E-state index contributed by atoms with van der Waals surface area (Å²) in [4.78, 5) is 5.42. The largest absolute Gasteiger partial charge is 0.416 e. The van der Waals surface area contributed by atoms with Gasteiger partial charge in [-0.3, -0.25) is 0 Å². The minimum Gasteiger partial charge on any atom is -0.361 e. The number of aromatic nitrogens is 1. The van der Waals surface area contributed by atoms with Crippen LogP contribution in [0.5, 0.6) is 0 Å². The highest BCUT2D eigenvalue weighted by atomic mass is 19.4. The molecule has 2 nitrogen and oxygen atoms in total. The monoisotopic (exact) mass is 282 g/mol. The molecular weight excluding hydrogens is 265 g/mol. The Balaban J connectivity index is 1.83. The minimum atomic E-state index is -4.28. The van der Waals surface area contributed by atoms with E-state index in [1.807, 2.05) is 6.20 Å². The quantitative estimate of drug-likeness (QED) is 0.906. The lowest BCUT2D eigenvalue weighted by Crippen LogP contribution is -2.21. The van der Waals surface area contributed by atoms with Crippen molar-refractivity contribution >= 4 is 10.9 Å². The molecule has 0 spiro atoms. The highest BCUT2D eigenvalue weighted by molar-refractivity contribution is 5.84. The summed E-state index contributed by atoms with van der Waals surface area (Å²) in [5.74, 6) is 0. The average molecular weight is 282 g/mol. The highest BCUT2D eigenvalue weighted by Gasteiger charge is 2.30. The summed E-state index contributed by atoms with van der Waals surface area (Å²) in [7, 11) is 0. The molecule has 3 rings (SSSR count). The third kappa shape index (κ3) is 2.68. The number of aromatic amines is 1. The van der Waals surface area contributed by atoms with Crippen molar-refractivity contribution in [1.82, 2.24) is 9.88 Å². The number of fused-ring (bicyclic) bond motifs is 1. The second-order valence-corrected chi connectivity index (χ2v) is 5.37. The average Bonchev–Trinajstić information content (AvgIpc) is 3.04. The van der Waals surface area contributed by atoms with Gasteiger partial charge in [0.15, 0.2) is 0 Å². The van der Waals surface area contributed by atoms with Gasteiger partial charge in [0, 0.05) is 23.6 Å². The van der Waals surface area contributed by atoms with Gasteiger partial charge in [-0.25, -0.2) is 0 Å². The molecule has 1 aliphatic rings. The molecule has 0 amide bonds. The molecule has 5 heteroatoms. The fourth-order valence-corrected chi connectivity index (χ4v) is 2.85. The van der Waals surface area contributed by atoms with Gasteiger partial charge in [-0.2, -0.15) is 13.2 Å². The summed E-state index contributed by atoms with van der Waals surface area (Å²) in [5.41, 5.74) is 1.17. The summed E-state index contributed by atoms with van der Waals surface area (Å²) in [6, 6.07) is 3.89. The van der Waals surface area contributed by atoms with Crippen LogP contribution in [0.15, 0.2) is 24.4 Å². The number of likely N-dealkylation sites (tertiary alicyclic amines) is 1. The normalized spacial score (nSPS) is 17.1. The molecule has 1 aromatic carbocycles. The highest BCUT2D eigenvalue weighted by Crippen LogP contribution is 2.32. The Bertz CT molecular complexity index is 595. The standard InChI is InChI=1S/C15H17F3N2/c16-15(17,18)12-3-4-14-13(9-12)11(10-19-14)5-8-20-6-1-2-7-20/h3-4,9-10,19H,1-2,5-8H2. The lowest BCUT2D eigenvalue weighted by Gasteiger charge is -2.13. The zero-order valence-electron chi connectivity index (χ0n) is 11.1. The first-order chi connectivity index (χ1) is 9.54. The maximum absolute atomic E-state index is 12.8. The maximum atomic E-state index is 12.8. The van der Waals surface area contributed by atoms with Crippen molar-refractivity contribution < 1.29 is 13.2 Å². The van der Waals surface area contributed by atoms with Crippen molar-refractivity contribution in [2.24, 2.45) is 0 Å². The van der Waals surface area contributed by atoms with Crippen LogP contribution < -0.4 is 0 Å². The van der Waals surface area contributed by atoms with Crippen LogP contribution in [0.3, 0.4) is 0 Å². The third-order valence-corrected chi connectivity index (χ3v) is 3.99. The molecule has 1 fully saturated rings. The molecule has 0 aliphatic carbocycles. The van der Waals surface area contributed by atoms with Gasteiger partial charge in [0.05, 0.1) is 5.56 Å². The number of hydrogen-bond donors (Lipinski definition) is 1. The number of nitrogens with zero attached hydrogens (tertiary/aromatic N) is 1. The molecule has 1 aliphatic heterocycles. The van der Waals surface area contributed by atoms with Crippen LogP contribution >= 0.6 is 0 Å². The summed E-state index contributed by atoms with van der Waals surface area (Å²) in [6.45, 7) is 3.13. The first-order valence-corrected chi connectivity index (χ1v) is 6.93. The molecular formula is C15H17F3N2. The van der Waals surface area contributed by atoms with Gasteiger partial charge in [0.2, 0.25) is 0 Å². The Hall–Kier alpha value is -1.49. The van der Waals surface area contributed by atoms with Crippen LogP contribution in [0.1, 0.15) is 24.0 Å². The Labute approximate surface area is 115 Å². The first kappa shape index (κ1) is 13.5. The van der Waals surface area contributed by atoms with Gasteiger partial charge >= 0.3 is 6.18 Å². The first-order valence-electron chi connectivity index (χ1n) is 6.93. The molecule has 108 valence electrons. The zero-order valence-corrected chi connectivity index (χ0v) is 11.1. The molecule has 1 aromatic heterocycles. The van der Waals surface area contributed by atoms with E-state index in [0.717, 1.165) is 43.2 Å². The second-order valence-electron chi connectivity index (χ2n) is 5.37. The van der Waals surface area contributed by atoms with Gasteiger partial charge in [-0.15, -0.1) is 0 Å². The zero-order chi connectivity index (χ0) is 14.2. The van der Waals surface area contributed by atoms with Gasteiger partial charge in [-0.1, -0.05) is 0 Å². The lowest BCUT2D eigenvalue weighted by molar-refractivity contribution is -0.137. The minimum absolute atomic E-state index is 0.577. The Morgan fingerprint density at radius 1 is 1.15 bits per heavy atom. The van der Waals surface area contributed by atoms with Crippen LogP contribution in [0.25, 0.3) is 10.9 Å². The molecule has 2 heterocycles. The molecule has 1 saturated heterocycles. The van der Waals surface area contributed by atoms with Crippen molar-refractivity contribution in [3.8, 4) is 0 Å². The van der Waals surface area contributed by atoms with Gasteiger partial charge in [0.25, 0.3) is 0 Å². The van der Waals surface area contributed by atoms with E-state index in [9.17, 15) is 13.2 Å². The van der Waals surface area contributed by atoms with E-state index >= 15 is 0 Å². The van der Waals surface area contributed by atoms with Crippen LogP contribution in [-0.4, -0.2) is 29.5 Å². The molecule has 0 bridgehead atoms. The fourth-order valence-electron chi connectivity index (χ4n) is 2.85. The number of alkyl halides is 3. The van der Waals surface area contributed by atoms with Gasteiger partial charge < -0.3 is 9.88 Å². The molecule has 0 saturated carbocycles. The summed E-state index contributed by atoms with van der Waals surface area (Å²) in [5, 5.41) is 0.694. The second kappa shape index (κ2) is 5.13. The van der Waals surface area contributed by atoms with Crippen LogP contribution in [-0.2, 0) is 12.6 Å². The van der Waals surface area contributed by atoms with E-state index < -0.39 is 11.7 Å². The van der Waals surface area contributed by atoms with Crippen molar-refractivity contribution in [3.05, 3.63) is 35.5 Å². The van der Waals surface area contributed by atoms with Crippen molar-refractivity contribution in [1.29, 1.82) is 0 Å². The molecule has 20 heavy (non-hydrogen) atoms. The predicted molar refractivity (Wildman–Crippen MR) is 72.7 cm³/mol. The Morgan fingerprint density at radius 3 is 2.60 bits per heavy atom. The summed E-state index contributed by atoms with van der Waals surface area (Å²) < 4.78 is 38.3. The van der Waals surface area contributed by atoms with Crippen molar-refractivity contribution in [2.75, 3.05) is 19.6 Å². The number of H-pyrrole nitrogens is 1. The van der Waals surface area contributed by atoms with Gasteiger partial charge in [-0.05, 0) is 56.1 Å². The van der Waals surface area contributed by atoms with Crippen molar-refractivity contribution in [2.45, 2.75) is 25.4 Å². The van der Waals surface area contributed by atoms with E-state index in [-0.39, 0.29) is 0 Å². The Kier molecular flexibility index (Phi) is 3.46. The third-order valence-electron chi connectivity index (χ3n) is 3.99. The van der Waals surface area contributed by atoms with Crippen LogP contribution in [0.4, 0.5) is 13.2 Å². The van der Waals surface area contributed by atoms with E-state index in [1.54, 1.807) is 0 Å². The number of rotatable bonds is 3. The van der Waals surface area contributed by atoms with E-state index in [2.05, 4.69) is 9.88 Å². The van der Waals surface area contributed by atoms with E-state index in [4.69, 9.17) is 0 Å². The fraction of sp³-hybridized carbons (Fsp3) is 0.467. The smallest absolute Gasteiger partial charge is 0.361 e. The predicted octanol–water partition coefficient (Wildman–Crippen LogP) is 3.83. The van der Waals surface area contributed by atoms with Crippen molar-refractivity contribution in [3.63, 3.8) is 0 Å². The van der Waals surface area contributed by atoms with Crippen LogP contribution in [0, 0.1) is 0 Å². The van der Waals surface area contributed by atoms with E-state index in [0.29, 0.717) is 5.39 Å². The summed E-state index contributed by atoms with van der Waals surface area (Å²) >= 11 is 0. The van der Waals surface area contributed by atoms with E-state index in [1.165, 1.54) is 25.0 Å². The number of benzene rings is 1. The maximum Gasteiger partial charge on any atom is 0.416 e. The summed E-state index contributed by atoms with van der Waals surface area (Å²) in [6.07, 6.45) is 0.804.